The highest BCUT2D eigenvalue weighted by atomic mass is 32.1. The van der Waals surface area contributed by atoms with Crippen LogP contribution in [-0.4, -0.2) is 16.2 Å². The zero-order valence-electron chi connectivity index (χ0n) is 9.14. The largest absolute Gasteiger partial charge is 0.245 e. The van der Waals surface area contributed by atoms with Crippen molar-refractivity contribution in [2.45, 2.75) is 13.8 Å². The lowest BCUT2D eigenvalue weighted by Gasteiger charge is -2.00. The molecular weight excluding hydrogens is 220 g/mol. The molecule has 0 fully saturated rings. The minimum absolute atomic E-state index is 0.531. The number of nitrogens with zero attached hydrogens (tertiary/aromatic N) is 3. The number of anilines is 1. The average Bonchev–Trinajstić information content (AvgIpc) is 2.69. The van der Waals surface area contributed by atoms with Crippen LogP contribution in [0.1, 0.15) is 17.0 Å². The Bertz CT molecular complexity index is 470. The van der Waals surface area contributed by atoms with Crippen LogP contribution in [-0.2, 0) is 0 Å². The van der Waals surface area contributed by atoms with Gasteiger partial charge in [0.25, 0.3) is 0 Å². The normalized spacial score (nSPS) is 10.9. The van der Waals surface area contributed by atoms with Gasteiger partial charge in [-0.05, 0) is 36.7 Å². The van der Waals surface area contributed by atoms with Crippen molar-refractivity contribution in [3.8, 4) is 0 Å². The van der Waals surface area contributed by atoms with Crippen molar-refractivity contribution in [3.63, 3.8) is 0 Å². The van der Waals surface area contributed by atoms with Crippen LogP contribution in [0, 0.1) is 13.8 Å². The Labute approximate surface area is 98.1 Å². The van der Waals surface area contributed by atoms with Crippen LogP contribution in [0.3, 0.4) is 0 Å². The van der Waals surface area contributed by atoms with Crippen molar-refractivity contribution < 1.29 is 0 Å². The lowest BCUT2D eigenvalue weighted by molar-refractivity contribution is 1.04. The highest BCUT2D eigenvalue weighted by Crippen LogP contribution is 2.05. The summed E-state index contributed by atoms with van der Waals surface area (Å²) in [5.74, 6) is 0.531. The minimum atomic E-state index is 0.531. The van der Waals surface area contributed by atoms with E-state index in [-0.39, 0.29) is 0 Å². The number of thiophene rings is 1. The van der Waals surface area contributed by atoms with Crippen LogP contribution in [0.5, 0.6) is 0 Å². The number of hydrazone groups is 1. The number of nitrogens with one attached hydrogen (secondary N) is 1. The first-order valence-electron chi connectivity index (χ1n) is 4.87. The first-order valence-corrected chi connectivity index (χ1v) is 5.82. The third kappa shape index (κ3) is 2.87. The van der Waals surface area contributed by atoms with E-state index in [1.807, 2.05) is 36.7 Å². The number of rotatable bonds is 3. The van der Waals surface area contributed by atoms with Gasteiger partial charge in [0, 0.05) is 17.0 Å². The van der Waals surface area contributed by atoms with Gasteiger partial charge < -0.3 is 0 Å². The van der Waals surface area contributed by atoms with E-state index in [9.17, 15) is 0 Å². The van der Waals surface area contributed by atoms with Crippen molar-refractivity contribution in [2.24, 2.45) is 5.10 Å². The molecule has 2 aromatic rings. The molecule has 2 rings (SSSR count). The van der Waals surface area contributed by atoms with E-state index in [2.05, 4.69) is 20.5 Å². The van der Waals surface area contributed by atoms with Crippen LogP contribution in [0.4, 0.5) is 5.95 Å². The highest BCUT2D eigenvalue weighted by Gasteiger charge is 1.96. The lowest BCUT2D eigenvalue weighted by Crippen LogP contribution is -1.99. The molecule has 2 heterocycles. The van der Waals surface area contributed by atoms with Crippen molar-refractivity contribution in [1.29, 1.82) is 0 Å². The van der Waals surface area contributed by atoms with Crippen molar-refractivity contribution in [3.05, 3.63) is 39.8 Å². The molecular formula is C11H12N4S. The first kappa shape index (κ1) is 10.8. The monoisotopic (exact) mass is 232 g/mol. The van der Waals surface area contributed by atoms with Crippen molar-refractivity contribution in [2.75, 3.05) is 5.43 Å². The van der Waals surface area contributed by atoms with Gasteiger partial charge in [-0.15, -0.1) is 0 Å². The molecule has 0 aliphatic carbocycles. The van der Waals surface area contributed by atoms with Crippen LogP contribution in [0.2, 0.25) is 0 Å². The fourth-order valence-corrected chi connectivity index (χ4v) is 1.90. The molecule has 0 saturated heterocycles. The van der Waals surface area contributed by atoms with Crippen LogP contribution < -0.4 is 5.43 Å². The summed E-state index contributed by atoms with van der Waals surface area (Å²) in [6.45, 7) is 3.87. The summed E-state index contributed by atoms with van der Waals surface area (Å²) in [6, 6.07) is 3.92. The van der Waals surface area contributed by atoms with E-state index in [1.54, 1.807) is 17.6 Å². The smallest absolute Gasteiger partial charge is 0.243 e. The molecule has 0 aliphatic heterocycles. The van der Waals surface area contributed by atoms with E-state index in [0.717, 1.165) is 17.0 Å². The maximum Gasteiger partial charge on any atom is 0.243 e. The third-order valence-corrected chi connectivity index (χ3v) is 2.61. The molecule has 16 heavy (non-hydrogen) atoms. The fraction of sp³-hybridized carbons (Fsp3) is 0.182. The third-order valence-electron chi connectivity index (χ3n) is 1.90. The molecule has 82 valence electrons. The molecule has 0 aliphatic rings. The van der Waals surface area contributed by atoms with Gasteiger partial charge in [0.2, 0.25) is 5.95 Å². The number of aryl methyl sites for hydroxylation is 2. The Hall–Kier alpha value is -1.75. The second kappa shape index (κ2) is 4.85. The molecule has 0 bridgehead atoms. The maximum absolute atomic E-state index is 4.22. The molecule has 0 atom stereocenters. The molecule has 5 heteroatoms. The molecule has 2 aromatic heterocycles. The summed E-state index contributed by atoms with van der Waals surface area (Å²) in [7, 11) is 0. The topological polar surface area (TPSA) is 50.2 Å². The van der Waals surface area contributed by atoms with Gasteiger partial charge >= 0.3 is 0 Å². The van der Waals surface area contributed by atoms with E-state index in [4.69, 9.17) is 0 Å². The summed E-state index contributed by atoms with van der Waals surface area (Å²) in [6.07, 6.45) is 1.75. The Morgan fingerprint density at radius 3 is 2.69 bits per heavy atom. The summed E-state index contributed by atoms with van der Waals surface area (Å²) in [4.78, 5) is 8.44. The molecule has 1 N–H and O–H groups in total. The second-order valence-corrected chi connectivity index (χ2v) is 4.18. The Morgan fingerprint density at radius 2 is 2.06 bits per heavy atom. The van der Waals surface area contributed by atoms with E-state index in [1.165, 1.54) is 0 Å². The van der Waals surface area contributed by atoms with Gasteiger partial charge in [0.05, 0.1) is 6.21 Å². The quantitative estimate of drug-likeness (QED) is 0.653. The van der Waals surface area contributed by atoms with E-state index in [0.29, 0.717) is 5.95 Å². The molecule has 0 aromatic carbocycles. The molecule has 0 unspecified atom stereocenters. The predicted molar refractivity (Wildman–Crippen MR) is 67.0 cm³/mol. The van der Waals surface area contributed by atoms with Gasteiger partial charge in [0.15, 0.2) is 0 Å². The summed E-state index contributed by atoms with van der Waals surface area (Å²) in [5, 5.41) is 8.10. The van der Waals surface area contributed by atoms with Crippen LogP contribution in [0.25, 0.3) is 0 Å². The molecule has 4 nitrogen and oxygen atoms in total. The molecule has 0 amide bonds. The average molecular weight is 232 g/mol. The SMILES string of the molecule is Cc1cc(C)nc(N/N=C\c2ccsc2)n1. The summed E-state index contributed by atoms with van der Waals surface area (Å²) in [5.41, 5.74) is 5.75. The Kier molecular flexibility index (Phi) is 3.26. The summed E-state index contributed by atoms with van der Waals surface area (Å²) >= 11 is 1.64. The van der Waals surface area contributed by atoms with E-state index < -0.39 is 0 Å². The lowest BCUT2D eigenvalue weighted by atomic mass is 10.4. The van der Waals surface area contributed by atoms with Gasteiger partial charge in [-0.3, -0.25) is 0 Å². The molecule has 0 spiro atoms. The number of aromatic nitrogens is 2. The Balaban J connectivity index is 2.04. The summed E-state index contributed by atoms with van der Waals surface area (Å²) < 4.78 is 0. The second-order valence-electron chi connectivity index (χ2n) is 3.40. The maximum atomic E-state index is 4.22. The first-order chi connectivity index (χ1) is 7.74. The van der Waals surface area contributed by atoms with Crippen LogP contribution in [0.15, 0.2) is 28.0 Å². The minimum Gasteiger partial charge on any atom is -0.245 e. The Morgan fingerprint density at radius 1 is 1.31 bits per heavy atom. The fourth-order valence-electron chi connectivity index (χ4n) is 1.29. The van der Waals surface area contributed by atoms with Gasteiger partial charge in [-0.1, -0.05) is 0 Å². The van der Waals surface area contributed by atoms with Gasteiger partial charge in [0.1, 0.15) is 0 Å². The number of hydrogen-bond donors (Lipinski definition) is 1. The van der Waals surface area contributed by atoms with Crippen LogP contribution >= 0.6 is 11.3 Å². The van der Waals surface area contributed by atoms with Gasteiger partial charge in [-0.2, -0.15) is 16.4 Å². The molecule has 0 saturated carbocycles. The van der Waals surface area contributed by atoms with Crippen molar-refractivity contribution >= 4 is 23.5 Å². The zero-order valence-corrected chi connectivity index (χ0v) is 9.95. The van der Waals surface area contributed by atoms with Gasteiger partial charge in [-0.25, -0.2) is 15.4 Å². The highest BCUT2D eigenvalue weighted by molar-refractivity contribution is 7.08. The van der Waals surface area contributed by atoms with Crippen molar-refractivity contribution in [1.82, 2.24) is 9.97 Å². The standard InChI is InChI=1S/C11H12N4S/c1-8-5-9(2)14-11(13-8)15-12-6-10-3-4-16-7-10/h3-7H,1-2H3,(H,13,14,15)/b12-6-. The van der Waals surface area contributed by atoms with E-state index >= 15 is 0 Å². The molecule has 0 radical (unpaired) electrons. The number of hydrogen-bond acceptors (Lipinski definition) is 5. The predicted octanol–water partition coefficient (Wildman–Crippen LogP) is 2.60. The zero-order chi connectivity index (χ0) is 11.4.